The summed E-state index contributed by atoms with van der Waals surface area (Å²) in [5, 5.41) is 0. The molecule has 0 aliphatic heterocycles. The lowest BCUT2D eigenvalue weighted by Crippen LogP contribution is -2.29. The molecule has 2 rings (SSSR count). The first-order valence-corrected chi connectivity index (χ1v) is 6.81. The van der Waals surface area contributed by atoms with Crippen molar-refractivity contribution in [1.82, 2.24) is 0 Å². The molecule has 0 heterocycles. The van der Waals surface area contributed by atoms with Crippen molar-refractivity contribution in [3.05, 3.63) is 35.4 Å². The molecule has 2 N–H and O–H groups in total. The fourth-order valence-corrected chi connectivity index (χ4v) is 3.16. The lowest BCUT2D eigenvalue weighted by atomic mass is 9.70. The van der Waals surface area contributed by atoms with Gasteiger partial charge >= 0.3 is 0 Å². The van der Waals surface area contributed by atoms with E-state index >= 15 is 0 Å². The van der Waals surface area contributed by atoms with Gasteiger partial charge in [0.05, 0.1) is 0 Å². The molecule has 3 heteroatoms. The standard InChI is InChI=1S/C15H21F2N/c1-2-10-6-7-11(9-18)13(8-10)12-4-3-5-14(16)15(12)17/h3-5,10-11,13H,2,6-9,18H2,1H3. The fraction of sp³-hybridized carbons (Fsp3) is 0.600. The number of benzene rings is 1. The number of halogens is 2. The maximum atomic E-state index is 13.9. The minimum atomic E-state index is -0.748. The molecule has 0 saturated heterocycles. The average Bonchev–Trinajstić information content (AvgIpc) is 2.41. The highest BCUT2D eigenvalue weighted by Gasteiger charge is 2.32. The van der Waals surface area contributed by atoms with Crippen molar-refractivity contribution >= 4 is 0 Å². The molecule has 100 valence electrons. The highest BCUT2D eigenvalue weighted by molar-refractivity contribution is 5.24. The van der Waals surface area contributed by atoms with Gasteiger partial charge in [0, 0.05) is 0 Å². The predicted octanol–water partition coefficient (Wildman–Crippen LogP) is 3.83. The first kappa shape index (κ1) is 13.5. The molecule has 0 spiro atoms. The van der Waals surface area contributed by atoms with Crippen LogP contribution in [0, 0.1) is 23.5 Å². The topological polar surface area (TPSA) is 26.0 Å². The minimum Gasteiger partial charge on any atom is -0.330 e. The fourth-order valence-electron chi connectivity index (χ4n) is 3.16. The SMILES string of the molecule is CCC1CCC(CN)C(c2cccc(F)c2F)C1. The molecule has 1 nitrogen and oxygen atoms in total. The summed E-state index contributed by atoms with van der Waals surface area (Å²) >= 11 is 0. The van der Waals surface area contributed by atoms with Gasteiger partial charge in [0.2, 0.25) is 0 Å². The number of hydrogen-bond acceptors (Lipinski definition) is 1. The van der Waals surface area contributed by atoms with Gasteiger partial charge in [-0.2, -0.15) is 0 Å². The monoisotopic (exact) mass is 253 g/mol. The molecular weight excluding hydrogens is 232 g/mol. The van der Waals surface area contributed by atoms with Crippen LogP contribution in [0.2, 0.25) is 0 Å². The van der Waals surface area contributed by atoms with Gasteiger partial charge in [-0.05, 0) is 48.8 Å². The van der Waals surface area contributed by atoms with Crippen molar-refractivity contribution in [3.63, 3.8) is 0 Å². The van der Waals surface area contributed by atoms with Crippen molar-refractivity contribution in [3.8, 4) is 0 Å². The summed E-state index contributed by atoms with van der Waals surface area (Å²) in [5.74, 6) is -0.464. The van der Waals surface area contributed by atoms with E-state index in [9.17, 15) is 8.78 Å². The second-order valence-corrected chi connectivity index (χ2v) is 5.33. The largest absolute Gasteiger partial charge is 0.330 e. The van der Waals surface area contributed by atoms with Crippen molar-refractivity contribution in [2.24, 2.45) is 17.6 Å². The van der Waals surface area contributed by atoms with Crippen molar-refractivity contribution in [1.29, 1.82) is 0 Å². The zero-order valence-corrected chi connectivity index (χ0v) is 10.8. The van der Waals surface area contributed by atoms with Crippen LogP contribution in [0.5, 0.6) is 0 Å². The molecule has 18 heavy (non-hydrogen) atoms. The van der Waals surface area contributed by atoms with E-state index in [4.69, 9.17) is 5.73 Å². The summed E-state index contributed by atoms with van der Waals surface area (Å²) < 4.78 is 27.2. The maximum Gasteiger partial charge on any atom is 0.162 e. The third-order valence-corrected chi connectivity index (χ3v) is 4.36. The highest BCUT2D eigenvalue weighted by atomic mass is 19.2. The van der Waals surface area contributed by atoms with E-state index in [-0.39, 0.29) is 11.8 Å². The summed E-state index contributed by atoms with van der Waals surface area (Å²) in [4.78, 5) is 0. The molecular formula is C15H21F2N. The van der Waals surface area contributed by atoms with Crippen LogP contribution in [-0.4, -0.2) is 6.54 Å². The molecule has 1 aliphatic rings. The molecule has 1 saturated carbocycles. The average molecular weight is 253 g/mol. The Bertz CT molecular complexity index is 405. The molecule has 0 aromatic heterocycles. The van der Waals surface area contributed by atoms with Gasteiger partial charge in [-0.1, -0.05) is 31.9 Å². The quantitative estimate of drug-likeness (QED) is 0.870. The van der Waals surface area contributed by atoms with Crippen LogP contribution >= 0.6 is 0 Å². The summed E-state index contributed by atoms with van der Waals surface area (Å²) in [7, 11) is 0. The summed E-state index contributed by atoms with van der Waals surface area (Å²) in [6.07, 6.45) is 4.21. The van der Waals surface area contributed by atoms with E-state index in [2.05, 4.69) is 6.92 Å². The summed E-state index contributed by atoms with van der Waals surface area (Å²) in [6, 6.07) is 4.48. The van der Waals surface area contributed by atoms with Crippen LogP contribution in [0.4, 0.5) is 8.78 Å². The van der Waals surface area contributed by atoms with Gasteiger partial charge in [0.15, 0.2) is 11.6 Å². The molecule has 1 fully saturated rings. The Morgan fingerprint density at radius 1 is 1.28 bits per heavy atom. The van der Waals surface area contributed by atoms with Gasteiger partial charge in [-0.15, -0.1) is 0 Å². The van der Waals surface area contributed by atoms with Crippen LogP contribution in [0.15, 0.2) is 18.2 Å². The van der Waals surface area contributed by atoms with Gasteiger partial charge in [0.25, 0.3) is 0 Å². The van der Waals surface area contributed by atoms with Gasteiger partial charge < -0.3 is 5.73 Å². The molecule has 0 amide bonds. The van der Waals surface area contributed by atoms with Gasteiger partial charge in [0.1, 0.15) is 0 Å². The van der Waals surface area contributed by atoms with E-state index in [0.29, 0.717) is 18.0 Å². The number of rotatable bonds is 3. The Labute approximate surface area is 107 Å². The Morgan fingerprint density at radius 2 is 2.06 bits per heavy atom. The lowest BCUT2D eigenvalue weighted by molar-refractivity contribution is 0.231. The Balaban J connectivity index is 2.29. The van der Waals surface area contributed by atoms with E-state index in [1.54, 1.807) is 12.1 Å². The van der Waals surface area contributed by atoms with Crippen molar-refractivity contribution < 1.29 is 8.78 Å². The Kier molecular flexibility index (Phi) is 4.33. The van der Waals surface area contributed by atoms with Crippen LogP contribution < -0.4 is 5.73 Å². The second-order valence-electron chi connectivity index (χ2n) is 5.33. The van der Waals surface area contributed by atoms with Crippen LogP contribution in [-0.2, 0) is 0 Å². The zero-order chi connectivity index (χ0) is 13.1. The highest BCUT2D eigenvalue weighted by Crippen LogP contribution is 2.42. The second kappa shape index (κ2) is 5.79. The van der Waals surface area contributed by atoms with Crippen LogP contribution in [0.1, 0.15) is 44.1 Å². The zero-order valence-electron chi connectivity index (χ0n) is 10.8. The summed E-state index contributed by atoms with van der Waals surface area (Å²) in [6.45, 7) is 2.71. The molecule has 3 atom stereocenters. The molecule has 1 aromatic rings. The first-order valence-electron chi connectivity index (χ1n) is 6.81. The van der Waals surface area contributed by atoms with E-state index < -0.39 is 11.6 Å². The third-order valence-electron chi connectivity index (χ3n) is 4.36. The molecule has 0 radical (unpaired) electrons. The normalized spacial score (nSPS) is 28.3. The number of nitrogens with two attached hydrogens (primary N) is 1. The van der Waals surface area contributed by atoms with E-state index in [1.807, 2.05) is 0 Å². The predicted molar refractivity (Wildman–Crippen MR) is 69.3 cm³/mol. The molecule has 3 unspecified atom stereocenters. The van der Waals surface area contributed by atoms with E-state index in [0.717, 1.165) is 25.7 Å². The van der Waals surface area contributed by atoms with Crippen molar-refractivity contribution in [2.75, 3.05) is 6.54 Å². The third kappa shape index (κ3) is 2.56. The van der Waals surface area contributed by atoms with Gasteiger partial charge in [-0.25, -0.2) is 8.78 Å². The van der Waals surface area contributed by atoms with Crippen LogP contribution in [0.25, 0.3) is 0 Å². The lowest BCUT2D eigenvalue weighted by Gasteiger charge is -2.35. The number of hydrogen-bond donors (Lipinski definition) is 1. The Morgan fingerprint density at radius 3 is 2.72 bits per heavy atom. The minimum absolute atomic E-state index is 0.0735. The molecule has 1 aliphatic carbocycles. The summed E-state index contributed by atoms with van der Waals surface area (Å²) in [5.41, 5.74) is 6.31. The smallest absolute Gasteiger partial charge is 0.162 e. The van der Waals surface area contributed by atoms with Gasteiger partial charge in [-0.3, -0.25) is 0 Å². The maximum absolute atomic E-state index is 13.9. The van der Waals surface area contributed by atoms with Crippen LogP contribution in [0.3, 0.4) is 0 Å². The van der Waals surface area contributed by atoms with Crippen molar-refractivity contribution in [2.45, 2.75) is 38.5 Å². The van der Waals surface area contributed by atoms with E-state index in [1.165, 1.54) is 6.07 Å². The first-order chi connectivity index (χ1) is 8.67. The molecule has 1 aromatic carbocycles. The Hall–Kier alpha value is -0.960. The molecule has 0 bridgehead atoms.